The van der Waals surface area contributed by atoms with Crippen LogP contribution in [0.15, 0.2) is 0 Å². The molecule has 0 aliphatic heterocycles. The van der Waals surface area contributed by atoms with Crippen molar-refractivity contribution in [2.45, 2.75) is 25.8 Å². The summed E-state index contributed by atoms with van der Waals surface area (Å²) in [4.78, 5) is 22.1. The summed E-state index contributed by atoms with van der Waals surface area (Å²) in [7, 11) is -0.709. The maximum atomic E-state index is 11.4. The van der Waals surface area contributed by atoms with E-state index in [1.165, 1.54) is 0 Å². The number of aliphatic hydroxyl groups is 1. The summed E-state index contributed by atoms with van der Waals surface area (Å²) in [6.07, 6.45) is -0.264. The van der Waals surface area contributed by atoms with Gasteiger partial charge in [-0.15, -0.1) is 0 Å². The quantitative estimate of drug-likeness (QED) is 0.415. The van der Waals surface area contributed by atoms with Crippen LogP contribution >= 0.6 is 8.58 Å². The Labute approximate surface area is 101 Å². The molecule has 17 heavy (non-hydrogen) atoms. The molecule has 0 aromatic heterocycles. The minimum Gasteiger partial charge on any atom is -0.478 e. The number of ether oxygens (including phenoxy) is 2. The number of hydrogen-bond donors (Lipinski definition) is 3. The number of carbonyl (C=O) groups is 2. The van der Waals surface area contributed by atoms with E-state index in [2.05, 4.69) is 5.32 Å². The van der Waals surface area contributed by atoms with Crippen molar-refractivity contribution >= 4 is 20.2 Å². The summed E-state index contributed by atoms with van der Waals surface area (Å²) in [5.41, 5.74) is -2.54. The van der Waals surface area contributed by atoms with E-state index in [4.69, 9.17) is 19.7 Å². The Hall–Kier alpha value is -0.750. The third-order valence-electron chi connectivity index (χ3n) is 1.72. The van der Waals surface area contributed by atoms with E-state index < -0.39 is 32.5 Å². The van der Waals surface area contributed by atoms with Crippen molar-refractivity contribution in [2.75, 3.05) is 19.9 Å². The van der Waals surface area contributed by atoms with Gasteiger partial charge in [0.1, 0.15) is 6.73 Å². The van der Waals surface area contributed by atoms with Gasteiger partial charge in [-0.3, -0.25) is 4.79 Å². The summed E-state index contributed by atoms with van der Waals surface area (Å²) in [5, 5.41) is 19.5. The van der Waals surface area contributed by atoms with E-state index in [0.717, 1.165) is 0 Å². The van der Waals surface area contributed by atoms with Crippen LogP contribution in [0.5, 0.6) is 0 Å². The van der Waals surface area contributed by atoms with Crippen molar-refractivity contribution < 1.29 is 29.3 Å². The van der Waals surface area contributed by atoms with Gasteiger partial charge in [0.15, 0.2) is 0 Å². The topological polar surface area (TPSA) is 105 Å². The lowest BCUT2D eigenvalue weighted by Gasteiger charge is -2.30. The molecule has 3 N–H and O–H groups in total. The molecule has 0 aromatic rings. The number of carboxylic acid groups (broad SMARTS) is 1. The van der Waals surface area contributed by atoms with Gasteiger partial charge in [0, 0.05) is 13.2 Å². The fourth-order valence-corrected chi connectivity index (χ4v) is 2.26. The Morgan fingerprint density at radius 2 is 1.82 bits per heavy atom. The highest BCUT2D eigenvalue weighted by atomic mass is 31.1. The molecule has 0 heterocycles. The van der Waals surface area contributed by atoms with Crippen LogP contribution in [0.1, 0.15) is 20.3 Å². The first kappa shape index (κ1) is 16.2. The van der Waals surface area contributed by atoms with E-state index >= 15 is 0 Å². The lowest BCUT2D eigenvalue weighted by molar-refractivity contribution is -0.176. The molecular formula is C9H18NO6P. The molecule has 8 heteroatoms. The molecule has 0 aliphatic rings. The molecule has 7 nitrogen and oxygen atoms in total. The van der Waals surface area contributed by atoms with Gasteiger partial charge >= 0.3 is 5.71 Å². The number of nitrogens with one attached hydrogen (secondary N) is 1. The molecule has 100 valence electrons. The van der Waals surface area contributed by atoms with Crippen molar-refractivity contribution in [3.05, 3.63) is 0 Å². The number of carbonyl (C=O) groups excluding carboxylic acids is 1. The van der Waals surface area contributed by atoms with Gasteiger partial charge < -0.3 is 25.0 Å². The first-order chi connectivity index (χ1) is 7.99. The van der Waals surface area contributed by atoms with Crippen LogP contribution < -0.4 is 5.32 Å². The minimum atomic E-state index is -1.45. The largest absolute Gasteiger partial charge is 0.478 e. The predicted octanol–water partition coefficient (Wildman–Crippen LogP) is 0.526. The normalized spacial score (nSPS) is 11.9. The number of hydrogen-bond acceptors (Lipinski definition) is 5. The molecule has 1 unspecified atom stereocenters. The molecule has 1 amide bonds. The Balaban J connectivity index is 4.74. The smallest absolute Gasteiger partial charge is 0.326 e. The lowest BCUT2D eigenvalue weighted by Crippen LogP contribution is -2.39. The van der Waals surface area contributed by atoms with Crippen LogP contribution in [0.2, 0.25) is 0 Å². The Bertz CT molecular complexity index is 254. The highest BCUT2D eigenvalue weighted by Crippen LogP contribution is 2.38. The van der Waals surface area contributed by atoms with E-state index in [0.29, 0.717) is 0 Å². The summed E-state index contributed by atoms with van der Waals surface area (Å²) < 4.78 is 10.5. The zero-order valence-corrected chi connectivity index (χ0v) is 10.9. The Morgan fingerprint density at radius 1 is 1.29 bits per heavy atom. The summed E-state index contributed by atoms with van der Waals surface area (Å²) in [6.45, 7) is 3.32. The highest BCUT2D eigenvalue weighted by Gasteiger charge is 2.37. The van der Waals surface area contributed by atoms with Gasteiger partial charge in [0.25, 0.3) is 0 Å². The number of rotatable bonds is 9. The van der Waals surface area contributed by atoms with Crippen LogP contribution in [0, 0.1) is 0 Å². The van der Waals surface area contributed by atoms with Gasteiger partial charge in [-0.05, 0) is 13.8 Å². The maximum Gasteiger partial charge on any atom is 0.326 e. The molecule has 0 saturated carbocycles. The van der Waals surface area contributed by atoms with Gasteiger partial charge in [-0.25, -0.2) is 4.79 Å². The fourth-order valence-electron chi connectivity index (χ4n) is 1.25. The fraction of sp³-hybridized carbons (Fsp3) is 0.778. The monoisotopic (exact) mass is 267 g/mol. The second-order valence-electron chi connectivity index (χ2n) is 2.98. The van der Waals surface area contributed by atoms with Crippen LogP contribution in [0.4, 0.5) is 4.79 Å². The first-order valence-corrected chi connectivity index (χ1v) is 6.16. The van der Waals surface area contributed by atoms with Crippen molar-refractivity contribution in [2.24, 2.45) is 0 Å². The second kappa shape index (κ2) is 8.36. The minimum absolute atomic E-state index is 0.229. The van der Waals surface area contributed by atoms with E-state index in [1.807, 2.05) is 0 Å². The lowest BCUT2D eigenvalue weighted by atomic mass is 10.4. The van der Waals surface area contributed by atoms with E-state index in [9.17, 15) is 9.59 Å². The van der Waals surface area contributed by atoms with E-state index in [1.54, 1.807) is 13.8 Å². The zero-order valence-electron chi connectivity index (χ0n) is 9.86. The third-order valence-corrected chi connectivity index (χ3v) is 2.78. The van der Waals surface area contributed by atoms with Crippen molar-refractivity contribution in [1.82, 2.24) is 5.32 Å². The van der Waals surface area contributed by atoms with Gasteiger partial charge in [-0.2, -0.15) is 0 Å². The van der Waals surface area contributed by atoms with Crippen LogP contribution in [-0.4, -0.2) is 47.3 Å². The standard InChI is InChI=1S/C9H18NO6P/c1-3-15-9(16-4-2,17-8(13)14)5-7(12)10-6-11/h11,17H,3-6H2,1-2H3,(H,10,12)(H,13,14). The zero-order chi connectivity index (χ0) is 13.3. The second-order valence-corrected chi connectivity index (χ2v) is 4.42. The average molecular weight is 267 g/mol. The Morgan fingerprint density at radius 3 is 2.18 bits per heavy atom. The number of aliphatic hydroxyl groups excluding tert-OH is 1. The Kier molecular flexibility index (Phi) is 7.99. The van der Waals surface area contributed by atoms with Crippen molar-refractivity contribution in [1.29, 1.82) is 0 Å². The summed E-state index contributed by atoms with van der Waals surface area (Å²) in [5.74, 6) is -0.525. The van der Waals surface area contributed by atoms with Gasteiger partial charge in [-0.1, -0.05) is 0 Å². The third kappa shape index (κ3) is 6.53. The van der Waals surface area contributed by atoms with Crippen LogP contribution in [0.25, 0.3) is 0 Å². The van der Waals surface area contributed by atoms with Crippen LogP contribution in [0.3, 0.4) is 0 Å². The molecule has 0 bridgehead atoms. The highest BCUT2D eigenvalue weighted by molar-refractivity contribution is 7.58. The number of amides is 1. The average Bonchev–Trinajstić information content (AvgIpc) is 2.16. The van der Waals surface area contributed by atoms with Crippen molar-refractivity contribution in [3.63, 3.8) is 0 Å². The molecule has 0 aromatic carbocycles. The van der Waals surface area contributed by atoms with Gasteiger partial charge in [0.2, 0.25) is 11.4 Å². The predicted molar refractivity (Wildman–Crippen MR) is 62.2 cm³/mol. The molecule has 0 aliphatic carbocycles. The first-order valence-electron chi connectivity index (χ1n) is 5.16. The van der Waals surface area contributed by atoms with Gasteiger partial charge in [0.05, 0.1) is 15.0 Å². The molecular weight excluding hydrogens is 249 g/mol. The molecule has 0 saturated heterocycles. The molecule has 0 fully saturated rings. The summed E-state index contributed by atoms with van der Waals surface area (Å²) >= 11 is 0. The van der Waals surface area contributed by atoms with Crippen molar-refractivity contribution in [3.8, 4) is 0 Å². The van der Waals surface area contributed by atoms with E-state index in [-0.39, 0.29) is 19.6 Å². The molecule has 0 rings (SSSR count). The molecule has 0 spiro atoms. The summed E-state index contributed by atoms with van der Waals surface area (Å²) in [6, 6.07) is 0. The molecule has 0 radical (unpaired) electrons. The molecule has 1 atom stereocenters. The van der Waals surface area contributed by atoms with Crippen LogP contribution in [-0.2, 0) is 14.3 Å². The SMILES string of the molecule is CCOC(CC(=O)NCO)(OCC)PC(=O)O. The maximum absolute atomic E-state index is 11.4.